The quantitative estimate of drug-likeness (QED) is 0.369. The molecule has 186 valence electrons. The van der Waals surface area contributed by atoms with Crippen molar-refractivity contribution in [3.8, 4) is 5.75 Å². The number of hydrogen-bond acceptors (Lipinski definition) is 5. The number of benzene rings is 2. The minimum Gasteiger partial charge on any atom is -0.426 e. The summed E-state index contributed by atoms with van der Waals surface area (Å²) < 4.78 is 5.64. The first kappa shape index (κ1) is 23.0. The van der Waals surface area contributed by atoms with Gasteiger partial charge >= 0.3 is 5.97 Å². The zero-order valence-electron chi connectivity index (χ0n) is 20.8. The van der Waals surface area contributed by atoms with Crippen LogP contribution >= 0.6 is 0 Å². The summed E-state index contributed by atoms with van der Waals surface area (Å²) in [6.07, 6.45) is 3.18. The lowest BCUT2D eigenvalue weighted by Crippen LogP contribution is -2.33. The average molecular weight is 487 g/mol. The van der Waals surface area contributed by atoms with Gasteiger partial charge in [0.2, 0.25) is 17.7 Å². The van der Waals surface area contributed by atoms with E-state index in [1.165, 1.54) is 4.90 Å². The number of nitrogens with zero attached hydrogens (tertiary/aromatic N) is 2. The number of carbonyl (C=O) groups is 4. The van der Waals surface area contributed by atoms with Crippen LogP contribution in [-0.4, -0.2) is 30.2 Å². The van der Waals surface area contributed by atoms with Crippen LogP contribution in [-0.2, 0) is 19.2 Å². The van der Waals surface area contributed by atoms with Crippen molar-refractivity contribution in [3.63, 3.8) is 0 Å². The maximum atomic E-state index is 13.2. The molecule has 0 spiro atoms. The van der Waals surface area contributed by atoms with Crippen LogP contribution < -0.4 is 14.5 Å². The molecular formula is C29H30N2O5. The van der Waals surface area contributed by atoms with E-state index >= 15 is 0 Å². The first-order valence-corrected chi connectivity index (χ1v) is 12.8. The molecule has 36 heavy (non-hydrogen) atoms. The molecule has 7 nitrogen and oxygen atoms in total. The fourth-order valence-corrected chi connectivity index (χ4v) is 6.99. The van der Waals surface area contributed by atoms with Crippen LogP contribution in [0.25, 0.3) is 0 Å². The summed E-state index contributed by atoms with van der Waals surface area (Å²) in [4.78, 5) is 55.0. The SMILES string of the molecule is Cc1ccc(N2C[C@H](C(=O)Oc3ccc(N4C(=O)[C@@H]5[C@H]6CC[C@@H](C6)[C@H]5C4=O)c(C)c3)CC2=O)c(C)c1. The van der Waals surface area contributed by atoms with E-state index in [0.29, 0.717) is 28.8 Å². The largest absolute Gasteiger partial charge is 0.426 e. The molecule has 2 aliphatic heterocycles. The van der Waals surface area contributed by atoms with E-state index in [0.717, 1.165) is 36.1 Å². The van der Waals surface area contributed by atoms with Gasteiger partial charge in [-0.25, -0.2) is 4.90 Å². The van der Waals surface area contributed by atoms with E-state index in [4.69, 9.17) is 4.74 Å². The van der Waals surface area contributed by atoms with Crippen molar-refractivity contribution in [2.75, 3.05) is 16.3 Å². The lowest BCUT2D eigenvalue weighted by atomic mass is 9.81. The molecule has 5 atom stereocenters. The highest BCUT2D eigenvalue weighted by Gasteiger charge is 2.61. The van der Waals surface area contributed by atoms with Gasteiger partial charge < -0.3 is 9.64 Å². The third-order valence-corrected chi connectivity index (χ3v) is 8.66. The second kappa shape index (κ2) is 8.29. The van der Waals surface area contributed by atoms with Crippen molar-refractivity contribution in [1.82, 2.24) is 0 Å². The summed E-state index contributed by atoms with van der Waals surface area (Å²) >= 11 is 0. The molecule has 3 amide bonds. The molecule has 4 fully saturated rings. The topological polar surface area (TPSA) is 84.0 Å². The summed E-state index contributed by atoms with van der Waals surface area (Å²) in [5.74, 6) is -0.613. The highest BCUT2D eigenvalue weighted by Crippen LogP contribution is 2.56. The van der Waals surface area contributed by atoms with E-state index < -0.39 is 11.9 Å². The standard InChI is InChI=1S/C29H30N2O5/c1-15-4-8-22(16(2)10-15)30-14-20(13-24(30)32)29(35)36-21-7-9-23(17(3)11-21)31-27(33)25-18-5-6-19(12-18)26(25)28(31)34/h4,7-11,18-20,25-26H,5-6,12-14H2,1-3H3/t18-,19-,20+,25+,26+/m0/s1. The van der Waals surface area contributed by atoms with Gasteiger partial charge in [-0.2, -0.15) is 0 Å². The summed E-state index contributed by atoms with van der Waals surface area (Å²) in [5, 5.41) is 0. The maximum Gasteiger partial charge on any atom is 0.316 e. The van der Waals surface area contributed by atoms with Gasteiger partial charge in [0.1, 0.15) is 5.75 Å². The Bertz CT molecular complexity index is 1290. The van der Waals surface area contributed by atoms with Gasteiger partial charge in [-0.1, -0.05) is 17.7 Å². The highest BCUT2D eigenvalue weighted by molar-refractivity contribution is 6.23. The third-order valence-electron chi connectivity index (χ3n) is 8.66. The highest BCUT2D eigenvalue weighted by atomic mass is 16.5. The number of ether oxygens (including phenoxy) is 1. The summed E-state index contributed by atoms with van der Waals surface area (Å²) in [5.41, 5.74) is 4.20. The first-order valence-electron chi connectivity index (χ1n) is 12.8. The molecule has 4 aliphatic rings. The molecule has 7 heteroatoms. The van der Waals surface area contributed by atoms with Gasteiger partial charge in [0, 0.05) is 18.7 Å². The van der Waals surface area contributed by atoms with Gasteiger partial charge in [0.25, 0.3) is 0 Å². The molecular weight excluding hydrogens is 456 g/mol. The number of amides is 3. The number of carbonyl (C=O) groups excluding carboxylic acids is 4. The normalized spacial score (nSPS) is 28.9. The summed E-state index contributed by atoms with van der Waals surface area (Å²) in [6, 6.07) is 10.9. The van der Waals surface area contributed by atoms with Crippen LogP contribution in [0.1, 0.15) is 42.4 Å². The molecule has 0 N–H and O–H groups in total. The van der Waals surface area contributed by atoms with Crippen LogP contribution in [0.4, 0.5) is 11.4 Å². The number of aryl methyl sites for hydroxylation is 3. The first-order chi connectivity index (χ1) is 17.2. The Labute approximate surface area is 210 Å². The summed E-state index contributed by atoms with van der Waals surface area (Å²) in [6.45, 7) is 6.05. The molecule has 0 radical (unpaired) electrons. The fourth-order valence-electron chi connectivity index (χ4n) is 6.99. The average Bonchev–Trinajstić information content (AvgIpc) is 3.59. The number of anilines is 2. The van der Waals surface area contributed by atoms with Crippen LogP contribution in [0, 0.1) is 50.4 Å². The number of hydrogen-bond donors (Lipinski definition) is 0. The van der Waals surface area contributed by atoms with Gasteiger partial charge in [0.15, 0.2) is 0 Å². The lowest BCUT2D eigenvalue weighted by molar-refractivity contribution is -0.139. The number of rotatable bonds is 4. The Kier molecular flexibility index (Phi) is 5.28. The molecule has 2 saturated heterocycles. The van der Waals surface area contributed by atoms with Crippen molar-refractivity contribution in [2.24, 2.45) is 29.6 Å². The Morgan fingerprint density at radius 1 is 0.861 bits per heavy atom. The Morgan fingerprint density at radius 2 is 1.50 bits per heavy atom. The molecule has 2 aromatic rings. The molecule has 2 aromatic carbocycles. The predicted octanol–water partition coefficient (Wildman–Crippen LogP) is 4.11. The Hall–Kier alpha value is -3.48. The van der Waals surface area contributed by atoms with Gasteiger partial charge in [-0.3, -0.25) is 19.2 Å². The molecule has 0 aromatic heterocycles. The van der Waals surface area contributed by atoms with Crippen LogP contribution in [0.3, 0.4) is 0 Å². The van der Waals surface area contributed by atoms with Crippen LogP contribution in [0.15, 0.2) is 36.4 Å². The van der Waals surface area contributed by atoms with E-state index in [-0.39, 0.29) is 42.5 Å². The van der Waals surface area contributed by atoms with E-state index in [1.54, 1.807) is 23.1 Å². The van der Waals surface area contributed by atoms with E-state index in [2.05, 4.69) is 0 Å². The van der Waals surface area contributed by atoms with E-state index in [9.17, 15) is 19.2 Å². The van der Waals surface area contributed by atoms with Gasteiger partial charge in [-0.15, -0.1) is 0 Å². The van der Waals surface area contributed by atoms with Crippen molar-refractivity contribution in [1.29, 1.82) is 0 Å². The van der Waals surface area contributed by atoms with Gasteiger partial charge in [-0.05, 0) is 87.3 Å². The Balaban J connectivity index is 1.16. The van der Waals surface area contributed by atoms with Crippen molar-refractivity contribution in [3.05, 3.63) is 53.1 Å². The molecule has 6 rings (SSSR count). The minimum atomic E-state index is -0.560. The molecule has 2 aliphatic carbocycles. The van der Waals surface area contributed by atoms with Crippen molar-refractivity contribution < 1.29 is 23.9 Å². The lowest BCUT2D eigenvalue weighted by Gasteiger charge is -2.20. The second-order valence-electron chi connectivity index (χ2n) is 11.0. The van der Waals surface area contributed by atoms with Gasteiger partial charge in [0.05, 0.1) is 23.4 Å². The van der Waals surface area contributed by atoms with E-state index in [1.807, 2.05) is 39.0 Å². The zero-order chi connectivity index (χ0) is 25.3. The zero-order valence-corrected chi connectivity index (χ0v) is 20.8. The predicted molar refractivity (Wildman–Crippen MR) is 133 cm³/mol. The smallest absolute Gasteiger partial charge is 0.316 e. The number of imide groups is 1. The molecule has 0 unspecified atom stereocenters. The minimum absolute atomic E-state index is 0.0824. The maximum absolute atomic E-state index is 13.2. The third kappa shape index (κ3) is 3.47. The number of fused-ring (bicyclic) bond motifs is 5. The Morgan fingerprint density at radius 3 is 2.14 bits per heavy atom. The molecule has 2 saturated carbocycles. The van der Waals surface area contributed by atoms with Crippen LogP contribution in [0.5, 0.6) is 5.75 Å². The van der Waals surface area contributed by atoms with Crippen molar-refractivity contribution >= 4 is 35.1 Å². The summed E-state index contributed by atoms with van der Waals surface area (Å²) in [7, 11) is 0. The second-order valence-corrected chi connectivity index (χ2v) is 11.0. The molecule has 2 heterocycles. The molecule has 2 bridgehead atoms. The number of esters is 1. The fraction of sp³-hybridized carbons (Fsp3) is 0.448. The van der Waals surface area contributed by atoms with Crippen LogP contribution in [0.2, 0.25) is 0 Å². The monoisotopic (exact) mass is 486 g/mol. The van der Waals surface area contributed by atoms with Crippen molar-refractivity contribution in [2.45, 2.75) is 46.5 Å².